The maximum absolute atomic E-state index is 13.0. The van der Waals surface area contributed by atoms with Crippen molar-refractivity contribution >= 4 is 13.8 Å². The number of carbonyl (C=O) groups excluding carboxylic acids is 1. The van der Waals surface area contributed by atoms with Gasteiger partial charge in [-0.05, 0) is 6.37 Å². The molecule has 0 saturated heterocycles. The quantitative estimate of drug-likeness (QED) is 0.107. The van der Waals surface area contributed by atoms with Crippen LogP contribution in [-0.2, 0) is 23.1 Å². The van der Waals surface area contributed by atoms with Crippen LogP contribution in [0.25, 0.3) is 0 Å². The molecule has 1 unspecified atom stereocenters. The van der Waals surface area contributed by atoms with E-state index in [0.717, 1.165) is 0 Å². The molecule has 0 aromatic carbocycles. The normalized spacial score (nSPS) is 35.1. The lowest BCUT2D eigenvalue weighted by atomic mass is 10.0. The minimum Gasteiger partial charge on any atom is -0.457 e. The fraction of sp³-hybridized carbons (Fsp3) is 0.958. The number of likely N-dealkylation sites (N-methyl/N-ethyl adjacent to an activating group) is 1. The first-order chi connectivity index (χ1) is 27.3. The largest absolute Gasteiger partial charge is 0.472 e. The molecular formula is C24H51NO7P+. The number of carbonyl (C=O) groups is 1. The Morgan fingerprint density at radius 1 is 0.939 bits per heavy atom. The Morgan fingerprint density at radius 2 is 1.45 bits per heavy atom. The Labute approximate surface area is 245 Å². The molecule has 33 heavy (non-hydrogen) atoms. The highest BCUT2D eigenvalue weighted by Crippen LogP contribution is 2.43. The van der Waals surface area contributed by atoms with E-state index >= 15 is 0 Å². The van der Waals surface area contributed by atoms with Crippen molar-refractivity contribution in [3.05, 3.63) is 0 Å². The average Bonchev–Trinajstić information content (AvgIpc) is 3.07. The smallest absolute Gasteiger partial charge is 0.457 e. The fourth-order valence-corrected chi connectivity index (χ4v) is 2.12. The van der Waals surface area contributed by atoms with E-state index in [-0.39, 0.29) is 17.6 Å². The van der Waals surface area contributed by atoms with Crippen molar-refractivity contribution in [3.63, 3.8) is 0 Å². The Balaban J connectivity index is 7.26. The summed E-state index contributed by atoms with van der Waals surface area (Å²) in [6, 6.07) is 0. The maximum Gasteiger partial charge on any atom is 0.472 e. The summed E-state index contributed by atoms with van der Waals surface area (Å²) in [7, 11) is 0.0712. The average molecular weight is 528 g/mol. The molecule has 0 bridgehead atoms. The number of phosphoric acid groups is 1. The van der Waals surface area contributed by atoms with Crippen LogP contribution in [0.15, 0.2) is 0 Å². The molecule has 0 radical (unpaired) electrons. The molecule has 0 heterocycles. The molecule has 0 amide bonds. The summed E-state index contributed by atoms with van der Waals surface area (Å²) < 4.78 is 276. The lowest BCUT2D eigenvalue weighted by molar-refractivity contribution is -0.870. The molecule has 0 rings (SSSR count). The van der Waals surface area contributed by atoms with Crippen LogP contribution in [0.3, 0.4) is 0 Å². The summed E-state index contributed by atoms with van der Waals surface area (Å²) in [5.74, 6) is -2.55. The standard InChI is InChI=1S/C24H50NO7P/c1-5-6-7-8-9-10-11-12-13-14-15-16-17-18-24(27)32-23(21-26)22-31-33(28,29)30-20-19-25(2,3)4/h23,26H,5-22H2,1-4H3/p+1/t23-/m1/s1/i1D3,5D2,6D2,7D2,8D2,9D2,10D2,11D2,12D2,13D2,14D2,15D2,16D2,17D2,18D2. The monoisotopic (exact) mass is 528 g/mol. The van der Waals surface area contributed by atoms with Gasteiger partial charge >= 0.3 is 13.8 Å². The number of aliphatic hydroxyl groups excluding tert-OH is 1. The zero-order valence-corrected chi connectivity index (χ0v) is 19.1. The summed E-state index contributed by atoms with van der Waals surface area (Å²) >= 11 is 0. The first-order valence-corrected chi connectivity index (χ1v) is 10.5. The number of nitrogens with zero attached hydrogens (tertiary/aromatic N) is 1. The van der Waals surface area contributed by atoms with E-state index in [4.69, 9.17) is 47.0 Å². The van der Waals surface area contributed by atoms with Crippen LogP contribution in [0.5, 0.6) is 0 Å². The van der Waals surface area contributed by atoms with Crippen molar-refractivity contribution in [2.75, 3.05) is 47.5 Å². The maximum atomic E-state index is 13.0. The number of phosphoric ester groups is 1. The van der Waals surface area contributed by atoms with Gasteiger partial charge in [-0.15, -0.1) is 0 Å². The van der Waals surface area contributed by atoms with Gasteiger partial charge in [-0.3, -0.25) is 13.8 Å². The van der Waals surface area contributed by atoms with Crippen LogP contribution in [0.4, 0.5) is 0 Å². The van der Waals surface area contributed by atoms with E-state index in [9.17, 15) is 19.4 Å². The molecule has 0 aliphatic rings. The third-order valence-electron chi connectivity index (χ3n) is 2.83. The number of quaternary nitrogens is 1. The van der Waals surface area contributed by atoms with Crippen LogP contribution in [0, 0.1) is 0 Å². The molecule has 0 aliphatic carbocycles. The Kier molecular flexibility index (Phi) is 4.95. The number of ether oxygens (including phenoxy) is 1. The zero-order chi connectivity index (χ0) is 52.6. The highest BCUT2D eigenvalue weighted by Gasteiger charge is 2.25. The van der Waals surface area contributed by atoms with Gasteiger partial charge in [0.1, 0.15) is 19.3 Å². The molecule has 0 aromatic rings. The lowest BCUT2D eigenvalue weighted by Crippen LogP contribution is -2.37. The Bertz CT molecular complexity index is 1710. The van der Waals surface area contributed by atoms with Crippen LogP contribution < -0.4 is 0 Å². The predicted octanol–water partition coefficient (Wildman–Crippen LogP) is 5.21. The van der Waals surface area contributed by atoms with Crippen molar-refractivity contribution < 1.29 is 80.1 Å². The van der Waals surface area contributed by atoms with Crippen LogP contribution in [0.2, 0.25) is 0 Å². The summed E-state index contributed by atoms with van der Waals surface area (Å²) in [5, 5.41) is 9.62. The van der Waals surface area contributed by atoms with Crippen molar-refractivity contribution in [1.29, 1.82) is 0 Å². The third-order valence-corrected chi connectivity index (χ3v) is 3.82. The van der Waals surface area contributed by atoms with Crippen molar-refractivity contribution in [1.82, 2.24) is 0 Å². The van der Waals surface area contributed by atoms with Gasteiger partial charge in [-0.1, -0.05) is 83.3 Å². The van der Waals surface area contributed by atoms with Gasteiger partial charge in [0.25, 0.3) is 0 Å². The molecule has 9 heteroatoms. The van der Waals surface area contributed by atoms with Gasteiger partial charge < -0.3 is 19.2 Å². The van der Waals surface area contributed by atoms with Crippen molar-refractivity contribution in [2.45, 2.75) is 102 Å². The molecule has 0 spiro atoms. The summed E-state index contributed by atoms with van der Waals surface area (Å²) in [6.45, 7) is -7.04. The highest BCUT2D eigenvalue weighted by atomic mass is 31.2. The molecule has 8 nitrogen and oxygen atoms in total. The second kappa shape index (κ2) is 19.8. The van der Waals surface area contributed by atoms with Gasteiger partial charge in [0.2, 0.25) is 0 Å². The van der Waals surface area contributed by atoms with Gasteiger partial charge in [0.05, 0.1) is 34.4 Å². The van der Waals surface area contributed by atoms with Crippen LogP contribution >= 0.6 is 7.82 Å². The fourth-order valence-electron chi connectivity index (χ4n) is 1.38. The van der Waals surface area contributed by atoms with Crippen LogP contribution in [-0.4, -0.2) is 74.1 Å². The summed E-state index contributed by atoms with van der Waals surface area (Å²) in [6.07, 6.45) is -71.9. The lowest BCUT2D eigenvalue weighted by Gasteiger charge is -2.24. The van der Waals surface area contributed by atoms with Crippen LogP contribution in [0.1, 0.15) is 139 Å². The number of hydrogen-bond donors (Lipinski definition) is 2. The predicted molar refractivity (Wildman–Crippen MR) is 132 cm³/mol. The topological polar surface area (TPSA) is 102 Å². The number of rotatable bonds is 23. The van der Waals surface area contributed by atoms with E-state index in [1.807, 2.05) is 0 Å². The Morgan fingerprint density at radius 3 is 1.94 bits per heavy atom. The van der Waals surface area contributed by atoms with Gasteiger partial charge in [-0.25, -0.2) is 4.57 Å². The Hall–Kier alpha value is -0.500. The van der Waals surface area contributed by atoms with E-state index in [0.29, 0.717) is 0 Å². The first kappa shape index (κ1) is 8.26. The van der Waals surface area contributed by atoms with Gasteiger partial charge in [0.15, 0.2) is 0 Å². The second-order valence-electron chi connectivity index (χ2n) is 6.57. The molecule has 198 valence electrons. The van der Waals surface area contributed by atoms with Gasteiger partial charge in [0, 0.05) is 48.9 Å². The number of hydrogen-bond acceptors (Lipinski definition) is 6. The van der Waals surface area contributed by atoms with Gasteiger partial charge in [-0.2, -0.15) is 0 Å². The van der Waals surface area contributed by atoms with E-state index < -0.39 is 129 Å². The van der Waals surface area contributed by atoms with Crippen molar-refractivity contribution in [3.8, 4) is 0 Å². The molecule has 0 saturated carbocycles. The summed E-state index contributed by atoms with van der Waals surface area (Å²) in [5.41, 5.74) is 0. The first-order valence-electron chi connectivity index (χ1n) is 24.5. The minimum atomic E-state index is -5.22. The van der Waals surface area contributed by atoms with E-state index in [1.54, 1.807) is 21.1 Å². The molecular weight excluding hydrogens is 445 g/mol. The SMILES string of the molecule is [2H]C([2H])([2H])C([2H])([2H])C([2H])([2H])C([2H])([2H])C([2H])([2H])C([2H])([2H])C([2H])([2H])C([2H])([2H])C([2H])([2H])C([2H])([2H])C([2H])([2H])C([2H])([2H])C([2H])([2H])C([2H])([2H])C([2H])([2H])C(=O)O[C@H](CO)COP(=O)(O)OCC[N+](C)(C)C. The molecule has 0 aliphatic heterocycles. The molecule has 0 fully saturated rings. The number of aliphatic hydroxyl groups is 1. The molecule has 0 aromatic heterocycles. The van der Waals surface area contributed by atoms with Crippen molar-refractivity contribution in [2.24, 2.45) is 0 Å². The van der Waals surface area contributed by atoms with E-state index in [1.165, 1.54) is 0 Å². The second-order valence-corrected chi connectivity index (χ2v) is 8.02. The zero-order valence-electron chi connectivity index (χ0n) is 49.2. The summed E-state index contributed by atoms with van der Waals surface area (Å²) in [4.78, 5) is 22.9. The molecule has 2 atom stereocenters. The third kappa shape index (κ3) is 23.0. The minimum absolute atomic E-state index is 0.153. The number of esters is 1. The highest BCUT2D eigenvalue weighted by molar-refractivity contribution is 7.47. The molecule has 2 N–H and O–H groups in total. The van der Waals surface area contributed by atoms with E-state index in [2.05, 4.69) is 9.26 Å².